The van der Waals surface area contributed by atoms with Crippen LogP contribution in [0.4, 0.5) is 26.3 Å². The first-order chi connectivity index (χ1) is 24.7. The number of oxime groups is 2. The molecule has 2 N–H and O–H groups in total. The second-order valence-electron chi connectivity index (χ2n) is 10.5. The molecule has 4 aromatic rings. The second-order valence-corrected chi connectivity index (χ2v) is 13.4. The monoisotopic (exact) mass is 790 g/mol. The molecule has 284 valence electrons. The molecular formula is C33H28F6N2O10S2. The van der Waals surface area contributed by atoms with E-state index >= 15 is 0 Å². The van der Waals surface area contributed by atoms with Gasteiger partial charge in [-0.3, -0.25) is 13.6 Å². The maximum atomic E-state index is 13.6. The van der Waals surface area contributed by atoms with E-state index in [1.165, 1.54) is 72.8 Å². The Morgan fingerprint density at radius 3 is 1.60 bits per heavy atom. The summed E-state index contributed by atoms with van der Waals surface area (Å²) in [5.41, 5.74) is -1.27. The molecule has 4 aromatic carbocycles. The lowest BCUT2D eigenvalue weighted by atomic mass is 10.1. The van der Waals surface area contributed by atoms with Crippen molar-refractivity contribution in [2.75, 3.05) is 13.2 Å². The molecular weight excluding hydrogens is 762 g/mol. The van der Waals surface area contributed by atoms with Crippen LogP contribution >= 0.6 is 0 Å². The van der Waals surface area contributed by atoms with E-state index in [0.717, 1.165) is 36.0 Å². The zero-order valence-electron chi connectivity index (χ0n) is 27.1. The number of benzene rings is 4. The first kappa shape index (κ1) is 41.9. The number of ether oxygens (including phenoxy) is 2. The summed E-state index contributed by atoms with van der Waals surface area (Å²) in [7, 11) is -8.72. The molecule has 4 rings (SSSR count). The molecule has 0 amide bonds. The summed E-state index contributed by atoms with van der Waals surface area (Å²) in [4.78, 5) is 10.6. The van der Waals surface area contributed by atoms with Crippen LogP contribution in [0.15, 0.2) is 117 Å². The summed E-state index contributed by atoms with van der Waals surface area (Å²) < 4.78 is 147. The zero-order valence-corrected chi connectivity index (χ0v) is 28.7. The Bertz CT molecular complexity index is 2100. The molecule has 0 unspecified atom stereocenters. The highest BCUT2D eigenvalue weighted by Gasteiger charge is 2.39. The summed E-state index contributed by atoms with van der Waals surface area (Å²) in [5.74, 6) is -1.53. The van der Waals surface area contributed by atoms with Gasteiger partial charge in [0.2, 0.25) is 0 Å². The number of hydrogen-bond acceptors (Lipinski definition) is 11. The van der Waals surface area contributed by atoms with E-state index in [9.17, 15) is 48.0 Å². The van der Waals surface area contributed by atoms with Gasteiger partial charge in [-0.25, -0.2) is 0 Å². The third kappa shape index (κ3) is 13.2. The fourth-order valence-corrected chi connectivity index (χ4v) is 5.12. The van der Waals surface area contributed by atoms with Crippen molar-refractivity contribution in [2.45, 2.75) is 35.5 Å². The number of Topliss-reactive ketones (excluding diaryl/α,β-unsaturated/α-hetero) is 1. The van der Waals surface area contributed by atoms with E-state index in [2.05, 4.69) is 14.6 Å². The van der Waals surface area contributed by atoms with Gasteiger partial charge < -0.3 is 14.7 Å². The van der Waals surface area contributed by atoms with Gasteiger partial charge in [-0.05, 0) is 85.3 Å². The normalized spacial score (nSPS) is 12.5. The quantitative estimate of drug-likeness (QED) is 0.0273. The smallest absolute Gasteiger partial charge is 0.454 e. The predicted octanol–water partition coefficient (Wildman–Crippen LogP) is 7.00. The number of ketones is 1. The van der Waals surface area contributed by atoms with Crippen LogP contribution in [0, 0.1) is 6.92 Å². The van der Waals surface area contributed by atoms with Crippen molar-refractivity contribution in [1.29, 1.82) is 0 Å². The summed E-state index contributed by atoms with van der Waals surface area (Å²) in [6.45, 7) is 1.89. The average Bonchev–Trinajstić information content (AvgIpc) is 3.08. The zero-order chi connectivity index (χ0) is 39.5. The minimum atomic E-state index is -5.03. The minimum absolute atomic E-state index is 0.0854. The molecule has 0 aliphatic heterocycles. The molecule has 12 nitrogen and oxygen atoms in total. The third-order valence-electron chi connectivity index (χ3n) is 6.52. The lowest BCUT2D eigenvalue weighted by molar-refractivity contribution is -0.0885. The van der Waals surface area contributed by atoms with Crippen molar-refractivity contribution in [3.05, 3.63) is 119 Å². The topological polar surface area (TPSA) is 178 Å². The van der Waals surface area contributed by atoms with E-state index in [1.807, 2.05) is 0 Å². The molecule has 0 fully saturated rings. The Labute approximate surface area is 298 Å². The molecule has 0 aromatic heterocycles. The van der Waals surface area contributed by atoms with Crippen LogP contribution in [0.25, 0.3) is 0 Å². The Hall–Kier alpha value is -5.47. The number of hydrogen-bond donors (Lipinski definition) is 2. The fourth-order valence-electron chi connectivity index (χ4n) is 3.91. The second kappa shape index (κ2) is 17.8. The molecule has 53 heavy (non-hydrogen) atoms. The highest BCUT2D eigenvalue weighted by atomic mass is 32.2. The maximum absolute atomic E-state index is 13.6. The van der Waals surface area contributed by atoms with Crippen molar-refractivity contribution in [2.24, 2.45) is 10.3 Å². The van der Waals surface area contributed by atoms with Crippen LogP contribution in [-0.4, -0.2) is 69.9 Å². The molecule has 20 heteroatoms. The van der Waals surface area contributed by atoms with Crippen molar-refractivity contribution < 1.29 is 71.5 Å². The number of nitrogens with zero attached hydrogens (tertiary/aromatic N) is 2. The highest BCUT2D eigenvalue weighted by molar-refractivity contribution is 7.86. The average molecular weight is 791 g/mol. The Balaban J connectivity index is 0.000000489. The lowest BCUT2D eigenvalue weighted by Crippen LogP contribution is -2.25. The van der Waals surface area contributed by atoms with Crippen molar-refractivity contribution >= 4 is 37.9 Å². The van der Waals surface area contributed by atoms with Crippen molar-refractivity contribution in [3.63, 3.8) is 0 Å². The standard InChI is InChI=1S/C26H21F6NO6S.C7H7NO4S/c1-17-3-13-22(14-4-17)40(35,36)39-33-23(25(27,28)29)18-5-9-20(10-6-18)37-15-2-16-38-21-11-7-19(8-12-21)24(34)26(30,31)32;9-8-5-6-1-3-7(4-2-6)13(10,11)12/h3-14H,2,15-16H2,1H3;1-5,9H,(H,10,11,12). The number of halogens is 6. The number of carbonyl (C=O) groups is 1. The van der Waals surface area contributed by atoms with E-state index in [0.29, 0.717) is 12.0 Å². The van der Waals surface area contributed by atoms with Crippen LogP contribution in [-0.2, 0) is 24.5 Å². The van der Waals surface area contributed by atoms with Crippen LogP contribution < -0.4 is 9.47 Å². The van der Waals surface area contributed by atoms with Gasteiger partial charge in [-0.1, -0.05) is 40.1 Å². The number of aryl methyl sites for hydroxylation is 1. The van der Waals surface area contributed by atoms with Gasteiger partial charge in [0.25, 0.3) is 15.9 Å². The highest BCUT2D eigenvalue weighted by Crippen LogP contribution is 2.26. The van der Waals surface area contributed by atoms with Crippen LogP contribution in [0.5, 0.6) is 11.5 Å². The molecule has 0 radical (unpaired) electrons. The Morgan fingerprint density at radius 2 is 1.17 bits per heavy atom. The molecule has 0 atom stereocenters. The largest absolute Gasteiger partial charge is 0.493 e. The molecule has 0 saturated heterocycles. The summed E-state index contributed by atoms with van der Waals surface area (Å²) in [6.07, 6.45) is -8.55. The van der Waals surface area contributed by atoms with E-state index in [4.69, 9.17) is 19.2 Å². The van der Waals surface area contributed by atoms with Gasteiger partial charge in [0.1, 0.15) is 16.4 Å². The van der Waals surface area contributed by atoms with Gasteiger partial charge >= 0.3 is 22.5 Å². The van der Waals surface area contributed by atoms with Gasteiger partial charge in [0, 0.05) is 17.5 Å². The van der Waals surface area contributed by atoms with E-state index in [1.54, 1.807) is 6.92 Å². The molecule has 0 saturated carbocycles. The van der Waals surface area contributed by atoms with Crippen molar-refractivity contribution in [1.82, 2.24) is 0 Å². The van der Waals surface area contributed by atoms with Gasteiger partial charge in [0.15, 0.2) is 5.71 Å². The summed E-state index contributed by atoms with van der Waals surface area (Å²) in [5, 5.41) is 13.8. The molecule has 0 aliphatic rings. The van der Waals surface area contributed by atoms with Crippen LogP contribution in [0.1, 0.15) is 33.5 Å². The first-order valence-electron chi connectivity index (χ1n) is 14.7. The van der Waals surface area contributed by atoms with Crippen LogP contribution in [0.2, 0.25) is 0 Å². The fraction of sp³-hybridized carbons (Fsp3) is 0.182. The van der Waals surface area contributed by atoms with Crippen LogP contribution in [0.3, 0.4) is 0 Å². The summed E-state index contributed by atoms with van der Waals surface area (Å²) >= 11 is 0. The van der Waals surface area contributed by atoms with Gasteiger partial charge in [-0.2, -0.15) is 43.2 Å². The number of alkyl halides is 6. The number of carbonyl (C=O) groups excluding carboxylic acids is 1. The molecule has 0 bridgehead atoms. The summed E-state index contributed by atoms with van der Waals surface area (Å²) in [6, 6.07) is 19.4. The maximum Gasteiger partial charge on any atom is 0.454 e. The first-order valence-corrected chi connectivity index (χ1v) is 17.5. The van der Waals surface area contributed by atoms with Crippen molar-refractivity contribution in [3.8, 4) is 11.5 Å². The van der Waals surface area contributed by atoms with E-state index < -0.39 is 55.2 Å². The minimum Gasteiger partial charge on any atom is -0.493 e. The van der Waals surface area contributed by atoms with Gasteiger partial charge in [0.05, 0.1) is 24.3 Å². The predicted molar refractivity (Wildman–Crippen MR) is 177 cm³/mol. The Kier molecular flexibility index (Phi) is 14.1. The molecule has 0 heterocycles. The lowest BCUT2D eigenvalue weighted by Gasteiger charge is -2.12. The Morgan fingerprint density at radius 1 is 0.698 bits per heavy atom. The number of rotatable bonds is 13. The van der Waals surface area contributed by atoms with E-state index in [-0.39, 0.29) is 34.5 Å². The SMILES string of the molecule is Cc1ccc(S(=O)(=O)ON=C(c2ccc(OCCCOc3ccc(C(=O)C(F)(F)F)cc3)cc2)C(F)(F)F)cc1.O=S(=O)(O)c1ccc(C=NO)cc1. The molecule has 0 spiro atoms. The molecule has 0 aliphatic carbocycles. The van der Waals surface area contributed by atoms with Gasteiger partial charge in [-0.15, -0.1) is 0 Å². The third-order valence-corrected chi connectivity index (χ3v) is 8.51.